The molecule has 0 spiro atoms. The molecule has 0 aliphatic carbocycles. The Bertz CT molecular complexity index is 640. The van der Waals surface area contributed by atoms with E-state index < -0.39 is 0 Å². The van der Waals surface area contributed by atoms with Gasteiger partial charge in [0.1, 0.15) is 11.6 Å². The van der Waals surface area contributed by atoms with Crippen molar-refractivity contribution in [3.05, 3.63) is 28.6 Å². The Labute approximate surface area is 139 Å². The van der Waals surface area contributed by atoms with E-state index in [-0.39, 0.29) is 11.5 Å². The zero-order valence-electron chi connectivity index (χ0n) is 14.7. The van der Waals surface area contributed by atoms with E-state index in [1.807, 2.05) is 4.90 Å². The van der Waals surface area contributed by atoms with Crippen molar-refractivity contribution < 1.29 is 4.79 Å². The van der Waals surface area contributed by atoms with Gasteiger partial charge >= 0.3 is 0 Å². The summed E-state index contributed by atoms with van der Waals surface area (Å²) < 4.78 is 2.24. The number of hydrogen-bond donors (Lipinski definition) is 0. The number of carbonyl (C=O) groups excluding carboxylic acids is 1. The highest BCUT2D eigenvalue weighted by Gasteiger charge is 2.23. The zero-order valence-corrected chi connectivity index (χ0v) is 14.7. The van der Waals surface area contributed by atoms with Gasteiger partial charge in [-0.15, -0.1) is 0 Å². The highest BCUT2D eigenvalue weighted by atomic mass is 16.2. The van der Waals surface area contributed by atoms with Gasteiger partial charge < -0.3 is 9.47 Å². The lowest BCUT2D eigenvalue weighted by Crippen LogP contribution is -2.38. The Kier molecular flexibility index (Phi) is 5.65. The fraction of sp³-hybridized carbons (Fsp3) is 0.579. The standard InChI is InChI=1S/C19H27N3O/c1-5-8-22-15(3)11-17(16(22)4)12-18(13-20)19(23)21-9-6-14(2)7-10-21/h11-12,14H,5-10H2,1-4H3/b18-12-. The average Bonchev–Trinajstić information content (AvgIpc) is 2.80. The molecule has 1 aliphatic rings. The lowest BCUT2D eigenvalue weighted by atomic mass is 9.98. The summed E-state index contributed by atoms with van der Waals surface area (Å²) >= 11 is 0. The number of carbonyl (C=O) groups is 1. The summed E-state index contributed by atoms with van der Waals surface area (Å²) in [5, 5.41) is 9.44. The number of aromatic nitrogens is 1. The maximum absolute atomic E-state index is 12.6. The molecule has 1 fully saturated rings. The average molecular weight is 313 g/mol. The second-order valence-electron chi connectivity index (χ2n) is 6.62. The first-order valence-electron chi connectivity index (χ1n) is 8.55. The molecule has 1 aromatic heterocycles. The Balaban J connectivity index is 2.24. The molecule has 1 aliphatic heterocycles. The summed E-state index contributed by atoms with van der Waals surface area (Å²) in [5.41, 5.74) is 3.52. The van der Waals surface area contributed by atoms with Crippen LogP contribution >= 0.6 is 0 Å². The van der Waals surface area contributed by atoms with E-state index >= 15 is 0 Å². The molecule has 0 aromatic carbocycles. The third-order valence-corrected chi connectivity index (χ3v) is 4.78. The van der Waals surface area contributed by atoms with E-state index in [1.54, 1.807) is 6.08 Å². The number of amides is 1. The van der Waals surface area contributed by atoms with Crippen LogP contribution in [0, 0.1) is 31.1 Å². The van der Waals surface area contributed by atoms with Crippen molar-refractivity contribution in [2.24, 2.45) is 5.92 Å². The van der Waals surface area contributed by atoms with Gasteiger partial charge in [0.05, 0.1) is 0 Å². The fourth-order valence-corrected chi connectivity index (χ4v) is 3.22. The minimum absolute atomic E-state index is 0.125. The molecule has 0 atom stereocenters. The van der Waals surface area contributed by atoms with Crippen LogP contribution in [0.15, 0.2) is 11.6 Å². The Hall–Kier alpha value is -2.02. The van der Waals surface area contributed by atoms with Crippen LogP contribution in [-0.4, -0.2) is 28.5 Å². The molecule has 0 radical (unpaired) electrons. The van der Waals surface area contributed by atoms with Crippen LogP contribution in [0.25, 0.3) is 6.08 Å². The van der Waals surface area contributed by atoms with Crippen molar-refractivity contribution in [3.8, 4) is 6.07 Å². The zero-order chi connectivity index (χ0) is 17.0. The molecule has 1 aromatic rings. The van der Waals surface area contributed by atoms with E-state index in [4.69, 9.17) is 0 Å². The van der Waals surface area contributed by atoms with Crippen molar-refractivity contribution in [1.82, 2.24) is 9.47 Å². The Morgan fingerprint density at radius 1 is 1.39 bits per heavy atom. The molecule has 0 bridgehead atoms. The normalized spacial score (nSPS) is 16.5. The van der Waals surface area contributed by atoms with Crippen molar-refractivity contribution in [2.75, 3.05) is 13.1 Å². The predicted octanol–water partition coefficient (Wildman–Crippen LogP) is 3.68. The van der Waals surface area contributed by atoms with Crippen molar-refractivity contribution >= 4 is 12.0 Å². The molecule has 1 saturated heterocycles. The number of nitrogens with zero attached hydrogens (tertiary/aromatic N) is 3. The number of aryl methyl sites for hydroxylation is 1. The lowest BCUT2D eigenvalue weighted by Gasteiger charge is -2.30. The highest BCUT2D eigenvalue weighted by Crippen LogP contribution is 2.21. The number of hydrogen-bond acceptors (Lipinski definition) is 2. The van der Waals surface area contributed by atoms with Gasteiger partial charge in [-0.2, -0.15) is 5.26 Å². The predicted molar refractivity (Wildman–Crippen MR) is 92.8 cm³/mol. The minimum atomic E-state index is -0.125. The van der Waals surface area contributed by atoms with Crippen molar-refractivity contribution in [3.63, 3.8) is 0 Å². The summed E-state index contributed by atoms with van der Waals surface area (Å²) in [5.74, 6) is 0.543. The van der Waals surface area contributed by atoms with Gasteiger partial charge in [-0.3, -0.25) is 4.79 Å². The van der Waals surface area contributed by atoms with E-state index in [1.165, 1.54) is 5.69 Å². The molecule has 2 heterocycles. The van der Waals surface area contributed by atoms with E-state index in [0.717, 1.165) is 50.2 Å². The second-order valence-corrected chi connectivity index (χ2v) is 6.62. The summed E-state index contributed by atoms with van der Waals surface area (Å²) in [6, 6.07) is 4.17. The Morgan fingerprint density at radius 3 is 2.61 bits per heavy atom. The van der Waals surface area contributed by atoms with E-state index in [9.17, 15) is 10.1 Å². The number of nitriles is 1. The SMILES string of the molecule is CCCn1c(C)cc(/C=C(/C#N)C(=O)N2CCC(C)CC2)c1C. The first-order chi connectivity index (χ1) is 11.0. The van der Waals surface area contributed by atoms with Crippen LogP contribution in [0.1, 0.15) is 50.1 Å². The number of rotatable bonds is 4. The van der Waals surface area contributed by atoms with Crippen LogP contribution in [0.2, 0.25) is 0 Å². The van der Waals surface area contributed by atoms with Gasteiger partial charge in [-0.1, -0.05) is 13.8 Å². The smallest absolute Gasteiger partial charge is 0.264 e. The Morgan fingerprint density at radius 2 is 2.04 bits per heavy atom. The molecule has 2 rings (SSSR count). The second kappa shape index (κ2) is 7.50. The maximum Gasteiger partial charge on any atom is 0.264 e. The molecule has 4 heteroatoms. The summed E-state index contributed by atoms with van der Waals surface area (Å²) in [4.78, 5) is 14.4. The monoisotopic (exact) mass is 313 g/mol. The van der Waals surface area contributed by atoms with E-state index in [2.05, 4.69) is 44.4 Å². The third-order valence-electron chi connectivity index (χ3n) is 4.78. The van der Waals surface area contributed by atoms with Crippen LogP contribution in [0.4, 0.5) is 0 Å². The van der Waals surface area contributed by atoms with Gasteiger partial charge in [-0.25, -0.2) is 0 Å². The van der Waals surface area contributed by atoms with Crippen LogP contribution in [-0.2, 0) is 11.3 Å². The first-order valence-corrected chi connectivity index (χ1v) is 8.55. The van der Waals surface area contributed by atoms with Crippen LogP contribution in [0.5, 0.6) is 0 Å². The third kappa shape index (κ3) is 3.85. The topological polar surface area (TPSA) is 49.0 Å². The molecule has 0 unspecified atom stereocenters. The van der Waals surface area contributed by atoms with Crippen LogP contribution < -0.4 is 0 Å². The summed E-state index contributed by atoms with van der Waals surface area (Å²) in [7, 11) is 0. The van der Waals surface area contributed by atoms with Gasteiger partial charge in [0.15, 0.2) is 0 Å². The van der Waals surface area contributed by atoms with Gasteiger partial charge in [0.25, 0.3) is 5.91 Å². The molecule has 1 amide bonds. The molecular weight excluding hydrogens is 286 g/mol. The van der Waals surface area contributed by atoms with Gasteiger partial charge in [0, 0.05) is 31.0 Å². The quantitative estimate of drug-likeness (QED) is 0.629. The van der Waals surface area contributed by atoms with Crippen molar-refractivity contribution in [1.29, 1.82) is 5.26 Å². The van der Waals surface area contributed by atoms with Gasteiger partial charge in [0.2, 0.25) is 0 Å². The largest absolute Gasteiger partial charge is 0.349 e. The number of likely N-dealkylation sites (tertiary alicyclic amines) is 1. The maximum atomic E-state index is 12.6. The molecule has 0 N–H and O–H groups in total. The molecule has 4 nitrogen and oxygen atoms in total. The molecule has 23 heavy (non-hydrogen) atoms. The number of piperidine rings is 1. The lowest BCUT2D eigenvalue weighted by molar-refractivity contribution is -0.127. The summed E-state index contributed by atoms with van der Waals surface area (Å²) in [6.07, 6.45) is 4.87. The van der Waals surface area contributed by atoms with Crippen LogP contribution in [0.3, 0.4) is 0 Å². The molecular formula is C19H27N3O. The minimum Gasteiger partial charge on any atom is -0.349 e. The molecule has 124 valence electrons. The molecule has 0 saturated carbocycles. The fourth-order valence-electron chi connectivity index (χ4n) is 3.22. The van der Waals surface area contributed by atoms with E-state index in [0.29, 0.717) is 5.92 Å². The summed E-state index contributed by atoms with van der Waals surface area (Å²) in [6.45, 7) is 11.0. The first kappa shape index (κ1) is 17.3. The van der Waals surface area contributed by atoms with Crippen molar-refractivity contribution in [2.45, 2.75) is 53.5 Å². The highest BCUT2D eigenvalue weighted by molar-refractivity contribution is 6.01. The van der Waals surface area contributed by atoms with Gasteiger partial charge in [-0.05, 0) is 56.7 Å².